The van der Waals surface area contributed by atoms with Crippen LogP contribution in [0.4, 0.5) is 5.69 Å². The van der Waals surface area contributed by atoms with E-state index in [1.54, 1.807) is 30.7 Å². The second kappa shape index (κ2) is 8.66. The van der Waals surface area contributed by atoms with Gasteiger partial charge in [0.05, 0.1) is 30.7 Å². The quantitative estimate of drug-likeness (QED) is 0.674. The minimum atomic E-state index is -0.258. The lowest BCUT2D eigenvalue weighted by Gasteiger charge is -2.13. The second-order valence-electron chi connectivity index (χ2n) is 5.42. The first-order chi connectivity index (χ1) is 12.8. The number of imidazole rings is 1. The number of rotatable bonds is 8. The third kappa shape index (κ3) is 4.60. The normalized spacial score (nSPS) is 10.3. The molecule has 0 unspecified atom stereocenters. The Kier molecular flexibility index (Phi) is 5.82. The molecule has 0 saturated heterocycles. The fourth-order valence-corrected chi connectivity index (χ4v) is 2.32. The molecule has 3 rings (SSSR count). The molecule has 2 aromatic heterocycles. The molecular formula is C19H20N4O3. The summed E-state index contributed by atoms with van der Waals surface area (Å²) in [7, 11) is 0. The monoisotopic (exact) mass is 352 g/mol. The van der Waals surface area contributed by atoms with Crippen LogP contribution in [0.1, 0.15) is 17.3 Å². The lowest BCUT2D eigenvalue weighted by molar-refractivity contribution is 0.102. The number of hydrogen-bond donors (Lipinski definition) is 1. The molecule has 0 aliphatic carbocycles. The molecule has 3 aromatic rings. The highest BCUT2D eigenvalue weighted by molar-refractivity contribution is 6.04. The lowest BCUT2D eigenvalue weighted by atomic mass is 10.2. The van der Waals surface area contributed by atoms with Crippen LogP contribution in [-0.4, -0.2) is 33.7 Å². The predicted molar refractivity (Wildman–Crippen MR) is 97.5 cm³/mol. The fraction of sp³-hybridized carbons (Fsp3) is 0.211. The molecule has 1 aromatic carbocycles. The summed E-state index contributed by atoms with van der Waals surface area (Å²) >= 11 is 0. The molecule has 0 aliphatic heterocycles. The van der Waals surface area contributed by atoms with E-state index in [4.69, 9.17) is 9.47 Å². The second-order valence-corrected chi connectivity index (χ2v) is 5.42. The van der Waals surface area contributed by atoms with Gasteiger partial charge in [0.15, 0.2) is 0 Å². The van der Waals surface area contributed by atoms with E-state index in [9.17, 15) is 4.79 Å². The van der Waals surface area contributed by atoms with Crippen molar-refractivity contribution in [1.29, 1.82) is 0 Å². The lowest BCUT2D eigenvalue weighted by Crippen LogP contribution is -2.14. The van der Waals surface area contributed by atoms with Crippen molar-refractivity contribution in [1.82, 2.24) is 14.5 Å². The van der Waals surface area contributed by atoms with Gasteiger partial charge in [-0.15, -0.1) is 0 Å². The van der Waals surface area contributed by atoms with Gasteiger partial charge in [-0.05, 0) is 25.1 Å². The third-order valence-electron chi connectivity index (χ3n) is 3.59. The highest BCUT2D eigenvalue weighted by Gasteiger charge is 2.10. The van der Waals surface area contributed by atoms with Crippen LogP contribution in [0, 0.1) is 0 Å². The highest BCUT2D eigenvalue weighted by Crippen LogP contribution is 2.24. The third-order valence-corrected chi connectivity index (χ3v) is 3.59. The Balaban J connectivity index is 1.62. The largest absolute Gasteiger partial charge is 0.490 e. The van der Waals surface area contributed by atoms with Crippen molar-refractivity contribution < 1.29 is 14.3 Å². The maximum Gasteiger partial charge on any atom is 0.257 e. The van der Waals surface area contributed by atoms with Crippen molar-refractivity contribution in [3.8, 4) is 11.6 Å². The number of amides is 1. The van der Waals surface area contributed by atoms with Gasteiger partial charge < -0.3 is 19.4 Å². The standard InChI is InChI=1S/C19H20N4O3/c1-2-25-18-8-7-15(13-21-18)19(24)22-16-5-3-4-6-17(16)26-12-11-23-10-9-20-14-23/h3-10,13-14H,2,11-12H2,1H3,(H,22,24). The van der Waals surface area contributed by atoms with Gasteiger partial charge in [0.2, 0.25) is 5.88 Å². The smallest absolute Gasteiger partial charge is 0.257 e. The minimum absolute atomic E-state index is 0.258. The Morgan fingerprint density at radius 1 is 1.19 bits per heavy atom. The van der Waals surface area contributed by atoms with Gasteiger partial charge in [0.25, 0.3) is 5.91 Å². The number of hydrogen-bond acceptors (Lipinski definition) is 5. The number of aromatic nitrogens is 3. The number of ether oxygens (including phenoxy) is 2. The first-order valence-electron chi connectivity index (χ1n) is 8.34. The summed E-state index contributed by atoms with van der Waals surface area (Å²) < 4.78 is 13.0. The van der Waals surface area contributed by atoms with Crippen LogP contribution in [0.15, 0.2) is 61.3 Å². The topological polar surface area (TPSA) is 78.3 Å². The van der Waals surface area contributed by atoms with Gasteiger partial charge in [0.1, 0.15) is 12.4 Å². The first kappa shape index (κ1) is 17.5. The van der Waals surface area contributed by atoms with Gasteiger partial charge in [-0.1, -0.05) is 12.1 Å². The van der Waals surface area contributed by atoms with Gasteiger partial charge in [-0.25, -0.2) is 9.97 Å². The van der Waals surface area contributed by atoms with Crippen LogP contribution in [0.2, 0.25) is 0 Å². The maximum absolute atomic E-state index is 12.4. The van der Waals surface area contributed by atoms with Crippen molar-refractivity contribution >= 4 is 11.6 Å². The molecule has 7 nitrogen and oxygen atoms in total. The van der Waals surface area contributed by atoms with Crippen LogP contribution in [-0.2, 0) is 6.54 Å². The number of para-hydroxylation sites is 2. The van der Waals surface area contributed by atoms with Crippen molar-refractivity contribution in [2.45, 2.75) is 13.5 Å². The van der Waals surface area contributed by atoms with Crippen LogP contribution in [0.25, 0.3) is 0 Å². The molecule has 2 heterocycles. The number of pyridine rings is 1. The fourth-order valence-electron chi connectivity index (χ4n) is 2.32. The summed E-state index contributed by atoms with van der Waals surface area (Å²) in [4.78, 5) is 20.5. The molecule has 1 N–H and O–H groups in total. The number of benzene rings is 1. The molecule has 0 fully saturated rings. The Labute approximate surface area is 151 Å². The molecule has 1 amide bonds. The van der Waals surface area contributed by atoms with Gasteiger partial charge in [-0.2, -0.15) is 0 Å². The molecule has 0 saturated carbocycles. The maximum atomic E-state index is 12.4. The van der Waals surface area contributed by atoms with Crippen LogP contribution in [0.5, 0.6) is 11.6 Å². The zero-order valence-electron chi connectivity index (χ0n) is 14.5. The number of nitrogens with zero attached hydrogens (tertiary/aromatic N) is 3. The summed E-state index contributed by atoms with van der Waals surface area (Å²) in [5.41, 5.74) is 1.05. The molecule has 0 bridgehead atoms. The summed E-state index contributed by atoms with van der Waals surface area (Å²) in [6.45, 7) is 3.55. The molecular weight excluding hydrogens is 332 g/mol. The summed E-state index contributed by atoms with van der Waals surface area (Å²) in [5, 5.41) is 2.86. The first-order valence-corrected chi connectivity index (χ1v) is 8.34. The van der Waals surface area contributed by atoms with E-state index in [0.29, 0.717) is 42.6 Å². The zero-order valence-corrected chi connectivity index (χ0v) is 14.5. The Hall–Kier alpha value is -3.35. The molecule has 0 atom stereocenters. The number of carbonyl (C=O) groups is 1. The van der Waals surface area contributed by atoms with Crippen molar-refractivity contribution in [3.05, 3.63) is 66.9 Å². The van der Waals surface area contributed by atoms with Gasteiger partial charge >= 0.3 is 0 Å². The Morgan fingerprint density at radius 2 is 2.08 bits per heavy atom. The molecule has 0 spiro atoms. The van der Waals surface area contributed by atoms with E-state index < -0.39 is 0 Å². The predicted octanol–water partition coefficient (Wildman–Crippen LogP) is 3.01. The highest BCUT2D eigenvalue weighted by atomic mass is 16.5. The minimum Gasteiger partial charge on any atom is -0.490 e. The van der Waals surface area contributed by atoms with Crippen LogP contribution >= 0.6 is 0 Å². The SMILES string of the molecule is CCOc1ccc(C(=O)Nc2ccccc2OCCn2ccnc2)cn1. The summed E-state index contributed by atoms with van der Waals surface area (Å²) in [6, 6.07) is 10.7. The van der Waals surface area contributed by atoms with Gasteiger partial charge in [-0.3, -0.25) is 4.79 Å². The van der Waals surface area contributed by atoms with Gasteiger partial charge in [0, 0.05) is 24.7 Å². The van der Waals surface area contributed by atoms with E-state index in [2.05, 4.69) is 15.3 Å². The Morgan fingerprint density at radius 3 is 2.81 bits per heavy atom. The van der Waals surface area contributed by atoms with Crippen LogP contribution in [0.3, 0.4) is 0 Å². The van der Waals surface area contributed by atoms with Crippen LogP contribution < -0.4 is 14.8 Å². The molecule has 0 aliphatic rings. The van der Waals surface area contributed by atoms with E-state index in [0.717, 1.165) is 0 Å². The van der Waals surface area contributed by atoms with E-state index >= 15 is 0 Å². The molecule has 134 valence electrons. The average Bonchev–Trinajstić information content (AvgIpc) is 3.17. The average molecular weight is 352 g/mol. The van der Waals surface area contributed by atoms with E-state index in [-0.39, 0.29) is 5.91 Å². The van der Waals surface area contributed by atoms with E-state index in [1.807, 2.05) is 35.9 Å². The number of anilines is 1. The van der Waals surface area contributed by atoms with Crippen molar-refractivity contribution in [2.24, 2.45) is 0 Å². The van der Waals surface area contributed by atoms with E-state index in [1.165, 1.54) is 6.20 Å². The Bertz CT molecular complexity index is 832. The molecule has 7 heteroatoms. The number of nitrogens with one attached hydrogen (secondary N) is 1. The molecule has 26 heavy (non-hydrogen) atoms. The summed E-state index contributed by atoms with van der Waals surface area (Å²) in [5.74, 6) is 0.846. The zero-order chi connectivity index (χ0) is 18.2. The summed E-state index contributed by atoms with van der Waals surface area (Å²) in [6.07, 6.45) is 6.81. The molecule has 0 radical (unpaired) electrons. The van der Waals surface area contributed by atoms with Crippen molar-refractivity contribution in [3.63, 3.8) is 0 Å². The number of carbonyl (C=O) groups excluding carboxylic acids is 1. The van der Waals surface area contributed by atoms with Crippen molar-refractivity contribution in [2.75, 3.05) is 18.5 Å².